The van der Waals surface area contributed by atoms with Crippen molar-refractivity contribution in [1.29, 1.82) is 0 Å². The summed E-state index contributed by atoms with van der Waals surface area (Å²) in [5.74, 6) is 0. The zero-order valence-corrected chi connectivity index (χ0v) is 20.6. The van der Waals surface area contributed by atoms with Gasteiger partial charge < -0.3 is 17.0 Å². The molecule has 0 nitrogen and oxygen atoms in total. The molecule has 158 valence electrons. The Bertz CT molecular complexity index is 747. The Labute approximate surface area is 194 Å². The van der Waals surface area contributed by atoms with Crippen LogP contribution in [-0.2, 0) is 0 Å². The fraction of sp³-hybridized carbons (Fsp3) is 0.286. The van der Waals surface area contributed by atoms with Crippen molar-refractivity contribution in [3.8, 4) is 0 Å². The van der Waals surface area contributed by atoms with Crippen LogP contribution in [0.15, 0.2) is 103 Å². The Morgan fingerprint density at radius 2 is 0.967 bits per heavy atom. The van der Waals surface area contributed by atoms with Crippen molar-refractivity contribution in [2.75, 3.05) is 6.16 Å². The zero-order valence-electron chi connectivity index (χ0n) is 18.1. The van der Waals surface area contributed by atoms with Gasteiger partial charge in [0.1, 0.15) is 23.2 Å². The lowest BCUT2D eigenvalue weighted by Crippen LogP contribution is -3.00. The van der Waals surface area contributed by atoms with E-state index in [1.165, 1.54) is 60.6 Å². The highest BCUT2D eigenvalue weighted by molar-refractivity contribution is 7.95. The van der Waals surface area contributed by atoms with Gasteiger partial charge >= 0.3 is 0 Å². The number of benzene rings is 3. The molecule has 0 spiro atoms. The Morgan fingerprint density at radius 3 is 1.37 bits per heavy atom. The van der Waals surface area contributed by atoms with E-state index in [1.54, 1.807) is 0 Å². The number of halogens is 1. The van der Waals surface area contributed by atoms with Crippen molar-refractivity contribution in [1.82, 2.24) is 0 Å². The molecular formula is C28H34BrP. The molecule has 0 atom stereocenters. The van der Waals surface area contributed by atoms with Crippen LogP contribution in [0.1, 0.15) is 45.4 Å². The van der Waals surface area contributed by atoms with Crippen LogP contribution in [0.5, 0.6) is 0 Å². The first-order valence-electron chi connectivity index (χ1n) is 11.1. The van der Waals surface area contributed by atoms with Gasteiger partial charge in [0.05, 0.1) is 6.16 Å². The fourth-order valence-corrected chi connectivity index (χ4v) is 8.45. The van der Waals surface area contributed by atoms with Crippen molar-refractivity contribution in [2.45, 2.75) is 45.4 Å². The van der Waals surface area contributed by atoms with E-state index in [1.807, 2.05) is 0 Å². The zero-order chi connectivity index (χ0) is 20.2. The molecule has 30 heavy (non-hydrogen) atoms. The molecule has 3 aromatic rings. The average Bonchev–Trinajstić information content (AvgIpc) is 2.80. The Morgan fingerprint density at radius 1 is 0.567 bits per heavy atom. The standard InChI is InChI=1S/C28H34P.BrH/c1-2-3-4-5-6-7-8-18-25-29(26-19-12-9-13-20-26,27-21-14-10-15-22-27)28-23-16-11-17-24-28;/h6-7,9-17,19-24H,2-5,8,18,25H2,1H3;1H/q+1;/p-1/b7-6-;. The fourth-order valence-electron chi connectivity index (χ4n) is 4.08. The van der Waals surface area contributed by atoms with E-state index in [-0.39, 0.29) is 17.0 Å². The highest BCUT2D eigenvalue weighted by Gasteiger charge is 2.44. The van der Waals surface area contributed by atoms with Crippen molar-refractivity contribution in [2.24, 2.45) is 0 Å². The van der Waals surface area contributed by atoms with Crippen LogP contribution in [0.25, 0.3) is 0 Å². The molecule has 0 aliphatic rings. The lowest BCUT2D eigenvalue weighted by molar-refractivity contribution is -0.00000581. The molecule has 3 aromatic carbocycles. The van der Waals surface area contributed by atoms with E-state index in [0.717, 1.165) is 0 Å². The summed E-state index contributed by atoms with van der Waals surface area (Å²) in [7, 11) is -1.65. The SMILES string of the molecule is CCCCC/C=C\CCC[P+](c1ccccc1)(c1ccccc1)c1ccccc1.[Br-]. The summed E-state index contributed by atoms with van der Waals surface area (Å²) in [6.45, 7) is 2.27. The lowest BCUT2D eigenvalue weighted by atomic mass is 10.2. The van der Waals surface area contributed by atoms with Gasteiger partial charge in [0.15, 0.2) is 0 Å². The molecular weight excluding hydrogens is 447 g/mol. The molecule has 0 saturated heterocycles. The first-order chi connectivity index (χ1) is 14.4. The molecule has 0 N–H and O–H groups in total. The van der Waals surface area contributed by atoms with Gasteiger partial charge in [-0.05, 0) is 62.1 Å². The molecule has 3 rings (SSSR count). The largest absolute Gasteiger partial charge is 1.00 e. The molecule has 0 aromatic heterocycles. The molecule has 0 saturated carbocycles. The van der Waals surface area contributed by atoms with Crippen LogP contribution in [0, 0.1) is 0 Å². The molecule has 0 fully saturated rings. The van der Waals surface area contributed by atoms with Crippen molar-refractivity contribution >= 4 is 23.2 Å². The number of rotatable bonds is 11. The molecule has 0 heterocycles. The topological polar surface area (TPSA) is 0 Å². The second kappa shape index (κ2) is 13.6. The summed E-state index contributed by atoms with van der Waals surface area (Å²) in [5, 5.41) is 4.47. The maximum Gasteiger partial charge on any atom is 0.112 e. The minimum absolute atomic E-state index is 0. The number of allylic oxidation sites excluding steroid dienone is 2. The van der Waals surface area contributed by atoms with Gasteiger partial charge in [0.2, 0.25) is 0 Å². The number of hydrogen-bond acceptors (Lipinski definition) is 0. The molecule has 0 bridgehead atoms. The Kier molecular flexibility index (Phi) is 11.1. The minimum atomic E-state index is -1.65. The monoisotopic (exact) mass is 480 g/mol. The average molecular weight is 481 g/mol. The first-order valence-corrected chi connectivity index (χ1v) is 13.1. The summed E-state index contributed by atoms with van der Waals surface area (Å²) in [6.07, 6.45) is 13.6. The van der Waals surface area contributed by atoms with E-state index in [0.29, 0.717) is 0 Å². The first kappa shape index (κ1) is 24.6. The maximum absolute atomic E-state index is 2.41. The Balaban J connectivity index is 0.00000320. The maximum atomic E-state index is 2.41. The predicted octanol–water partition coefficient (Wildman–Crippen LogP) is 3.90. The molecule has 0 aliphatic heterocycles. The second-order valence-electron chi connectivity index (χ2n) is 7.65. The van der Waals surface area contributed by atoms with E-state index in [4.69, 9.17) is 0 Å². The molecule has 0 radical (unpaired) electrons. The van der Waals surface area contributed by atoms with E-state index in [9.17, 15) is 0 Å². The highest BCUT2D eigenvalue weighted by atomic mass is 79.9. The van der Waals surface area contributed by atoms with Gasteiger partial charge in [0.25, 0.3) is 0 Å². The van der Waals surface area contributed by atoms with Crippen molar-refractivity contribution in [3.05, 3.63) is 103 Å². The lowest BCUT2D eigenvalue weighted by Gasteiger charge is -2.27. The quantitative estimate of drug-likeness (QED) is 0.222. The second-order valence-corrected chi connectivity index (χ2v) is 11.3. The summed E-state index contributed by atoms with van der Waals surface area (Å²) >= 11 is 0. The molecule has 0 unspecified atom stereocenters. The van der Waals surface area contributed by atoms with Crippen LogP contribution < -0.4 is 32.9 Å². The summed E-state index contributed by atoms with van der Waals surface area (Å²) in [4.78, 5) is 0. The smallest absolute Gasteiger partial charge is 0.112 e. The third kappa shape index (κ3) is 6.40. The van der Waals surface area contributed by atoms with Gasteiger partial charge in [-0.1, -0.05) is 86.5 Å². The van der Waals surface area contributed by atoms with Crippen LogP contribution in [0.2, 0.25) is 0 Å². The summed E-state index contributed by atoms with van der Waals surface area (Å²) in [6, 6.07) is 33.6. The third-order valence-corrected chi connectivity index (χ3v) is 10.1. The van der Waals surface area contributed by atoms with Gasteiger partial charge in [-0.25, -0.2) is 0 Å². The van der Waals surface area contributed by atoms with Crippen molar-refractivity contribution in [3.63, 3.8) is 0 Å². The highest BCUT2D eigenvalue weighted by Crippen LogP contribution is 2.55. The summed E-state index contributed by atoms with van der Waals surface area (Å²) in [5.41, 5.74) is 0. The normalized spacial score (nSPS) is 11.4. The predicted molar refractivity (Wildman–Crippen MR) is 133 cm³/mol. The minimum Gasteiger partial charge on any atom is -1.00 e. The van der Waals surface area contributed by atoms with E-state index < -0.39 is 7.26 Å². The number of unbranched alkanes of at least 4 members (excludes halogenated alkanes) is 4. The van der Waals surface area contributed by atoms with Crippen LogP contribution >= 0.6 is 7.26 Å². The van der Waals surface area contributed by atoms with Gasteiger partial charge in [-0.15, -0.1) is 0 Å². The molecule has 2 heteroatoms. The third-order valence-electron chi connectivity index (χ3n) is 5.60. The van der Waals surface area contributed by atoms with Gasteiger partial charge in [-0.3, -0.25) is 0 Å². The Hall–Kier alpha value is -1.69. The molecule has 0 aliphatic carbocycles. The van der Waals surface area contributed by atoms with Gasteiger partial charge in [-0.2, -0.15) is 0 Å². The number of hydrogen-bond donors (Lipinski definition) is 0. The van der Waals surface area contributed by atoms with Crippen LogP contribution in [-0.4, -0.2) is 6.16 Å². The van der Waals surface area contributed by atoms with E-state index in [2.05, 4.69) is 110 Å². The van der Waals surface area contributed by atoms with Crippen molar-refractivity contribution < 1.29 is 17.0 Å². The van der Waals surface area contributed by atoms with Crippen LogP contribution in [0.3, 0.4) is 0 Å². The van der Waals surface area contributed by atoms with E-state index >= 15 is 0 Å². The van der Waals surface area contributed by atoms with Crippen LogP contribution in [0.4, 0.5) is 0 Å². The van der Waals surface area contributed by atoms with Gasteiger partial charge in [0, 0.05) is 0 Å². The molecule has 0 amide bonds. The summed E-state index contributed by atoms with van der Waals surface area (Å²) < 4.78 is 0.